The predicted molar refractivity (Wildman–Crippen MR) is 114 cm³/mol. The standard InChI is InChI=1S/C21H27N3O4S/c1-21(2,3)28-20(26)23-16-12-17(29-18(16)19(22)25)15-6-4-14(5-7-15)13-24-8-10-27-11-9-24/h4-7,12H,8-11,13H2,1-3H3,(H2,22,25)(H,23,26). The Kier molecular flexibility index (Phi) is 6.56. The lowest BCUT2D eigenvalue weighted by Crippen LogP contribution is -2.35. The van der Waals surface area contributed by atoms with Crippen LogP contribution in [0.25, 0.3) is 10.4 Å². The molecule has 7 nitrogen and oxygen atoms in total. The van der Waals surface area contributed by atoms with Crippen molar-refractivity contribution in [3.8, 4) is 10.4 Å². The van der Waals surface area contributed by atoms with Crippen molar-refractivity contribution in [1.29, 1.82) is 0 Å². The molecule has 2 amide bonds. The molecule has 1 aromatic heterocycles. The van der Waals surface area contributed by atoms with Gasteiger partial charge in [0.1, 0.15) is 10.5 Å². The normalized spacial score (nSPS) is 15.1. The Labute approximate surface area is 174 Å². The van der Waals surface area contributed by atoms with Crippen molar-refractivity contribution in [2.75, 3.05) is 31.6 Å². The number of rotatable bonds is 5. The second kappa shape index (κ2) is 8.94. The molecule has 156 valence electrons. The lowest BCUT2D eigenvalue weighted by molar-refractivity contribution is 0.0342. The minimum Gasteiger partial charge on any atom is -0.444 e. The molecule has 3 N–H and O–H groups in total. The SMILES string of the molecule is CC(C)(C)OC(=O)Nc1cc(-c2ccc(CN3CCOCC3)cc2)sc1C(N)=O. The fourth-order valence-corrected chi connectivity index (χ4v) is 3.99. The van der Waals surface area contributed by atoms with Gasteiger partial charge >= 0.3 is 6.09 Å². The van der Waals surface area contributed by atoms with Gasteiger partial charge in [0.15, 0.2) is 0 Å². The van der Waals surface area contributed by atoms with Crippen LogP contribution in [0, 0.1) is 0 Å². The number of primary amides is 1. The number of hydrogen-bond acceptors (Lipinski definition) is 6. The Morgan fingerprint density at radius 3 is 2.45 bits per heavy atom. The van der Waals surface area contributed by atoms with E-state index in [4.69, 9.17) is 15.2 Å². The van der Waals surface area contributed by atoms with Crippen LogP contribution in [0.4, 0.5) is 10.5 Å². The van der Waals surface area contributed by atoms with E-state index in [2.05, 4.69) is 22.3 Å². The molecule has 1 saturated heterocycles. The Morgan fingerprint density at radius 2 is 1.86 bits per heavy atom. The molecule has 8 heteroatoms. The van der Waals surface area contributed by atoms with Crippen molar-refractivity contribution in [2.24, 2.45) is 5.73 Å². The molecule has 0 saturated carbocycles. The van der Waals surface area contributed by atoms with E-state index >= 15 is 0 Å². The molecule has 1 aliphatic rings. The largest absolute Gasteiger partial charge is 0.444 e. The Hall–Kier alpha value is -2.42. The maximum absolute atomic E-state index is 12.1. The number of benzene rings is 1. The molecular weight excluding hydrogens is 390 g/mol. The summed E-state index contributed by atoms with van der Waals surface area (Å²) in [6, 6.07) is 9.95. The third-order valence-corrected chi connectivity index (χ3v) is 5.54. The lowest BCUT2D eigenvalue weighted by Gasteiger charge is -2.26. The van der Waals surface area contributed by atoms with Crippen molar-refractivity contribution in [3.63, 3.8) is 0 Å². The monoisotopic (exact) mass is 417 g/mol. The smallest absolute Gasteiger partial charge is 0.412 e. The molecular formula is C21H27N3O4S. The van der Waals surface area contributed by atoms with Crippen molar-refractivity contribution in [2.45, 2.75) is 32.9 Å². The van der Waals surface area contributed by atoms with Crippen molar-refractivity contribution in [1.82, 2.24) is 4.90 Å². The molecule has 1 aromatic carbocycles. The summed E-state index contributed by atoms with van der Waals surface area (Å²) in [4.78, 5) is 27.4. The summed E-state index contributed by atoms with van der Waals surface area (Å²) in [7, 11) is 0. The van der Waals surface area contributed by atoms with E-state index in [0.29, 0.717) is 10.6 Å². The van der Waals surface area contributed by atoms with Gasteiger partial charge in [-0.1, -0.05) is 24.3 Å². The molecule has 2 aromatic rings. The second-order valence-corrected chi connectivity index (χ2v) is 8.98. The first-order valence-electron chi connectivity index (χ1n) is 9.54. The molecule has 1 aliphatic heterocycles. The summed E-state index contributed by atoms with van der Waals surface area (Å²) < 4.78 is 10.7. The fraction of sp³-hybridized carbons (Fsp3) is 0.429. The van der Waals surface area contributed by atoms with E-state index < -0.39 is 17.6 Å². The van der Waals surface area contributed by atoms with Crippen LogP contribution in [0.5, 0.6) is 0 Å². The van der Waals surface area contributed by atoms with Gasteiger partial charge in [0, 0.05) is 24.5 Å². The number of hydrogen-bond donors (Lipinski definition) is 2. The van der Waals surface area contributed by atoms with Crippen LogP contribution in [0.3, 0.4) is 0 Å². The van der Waals surface area contributed by atoms with Gasteiger partial charge in [0.25, 0.3) is 5.91 Å². The predicted octanol–water partition coefficient (Wildman–Crippen LogP) is 3.69. The first kappa shape index (κ1) is 21.3. The van der Waals surface area contributed by atoms with E-state index in [0.717, 1.165) is 43.3 Å². The van der Waals surface area contributed by atoms with Crippen LogP contribution in [-0.2, 0) is 16.0 Å². The van der Waals surface area contributed by atoms with Crippen LogP contribution in [0.2, 0.25) is 0 Å². The third-order valence-electron chi connectivity index (χ3n) is 4.34. The summed E-state index contributed by atoms with van der Waals surface area (Å²) in [5.41, 5.74) is 7.41. The third kappa shape index (κ3) is 6.03. The molecule has 3 rings (SSSR count). The summed E-state index contributed by atoms with van der Waals surface area (Å²) in [5.74, 6) is -0.587. The maximum atomic E-state index is 12.1. The van der Waals surface area contributed by atoms with E-state index in [1.165, 1.54) is 16.9 Å². The average molecular weight is 418 g/mol. The zero-order valence-electron chi connectivity index (χ0n) is 17.0. The number of nitrogens with one attached hydrogen (secondary N) is 1. The summed E-state index contributed by atoms with van der Waals surface area (Å²) in [6.45, 7) is 9.64. The summed E-state index contributed by atoms with van der Waals surface area (Å²) in [6.07, 6.45) is -0.620. The fourth-order valence-electron chi connectivity index (χ4n) is 3.01. The van der Waals surface area contributed by atoms with Crippen LogP contribution in [-0.4, -0.2) is 48.8 Å². The zero-order valence-corrected chi connectivity index (χ0v) is 17.8. The topological polar surface area (TPSA) is 93.9 Å². The second-order valence-electron chi connectivity index (χ2n) is 7.93. The number of amides is 2. The van der Waals surface area contributed by atoms with Crippen LogP contribution < -0.4 is 11.1 Å². The maximum Gasteiger partial charge on any atom is 0.412 e. The first-order valence-corrected chi connectivity index (χ1v) is 10.4. The number of nitrogens with zero attached hydrogens (tertiary/aromatic N) is 1. The number of morpholine rings is 1. The quantitative estimate of drug-likeness (QED) is 0.774. The molecule has 29 heavy (non-hydrogen) atoms. The van der Waals surface area contributed by atoms with Crippen LogP contribution in [0.15, 0.2) is 30.3 Å². The van der Waals surface area contributed by atoms with Crippen molar-refractivity contribution < 1.29 is 19.1 Å². The molecule has 0 unspecified atom stereocenters. The first-order chi connectivity index (χ1) is 13.7. The molecule has 0 bridgehead atoms. The molecule has 1 fully saturated rings. The van der Waals surface area contributed by atoms with Gasteiger partial charge in [-0.2, -0.15) is 0 Å². The van der Waals surface area contributed by atoms with Gasteiger partial charge in [-0.15, -0.1) is 11.3 Å². The van der Waals surface area contributed by atoms with E-state index in [1.54, 1.807) is 26.8 Å². The Bertz CT molecular complexity index is 865. The highest BCUT2D eigenvalue weighted by Crippen LogP contribution is 2.35. The number of carbonyl (C=O) groups excluding carboxylic acids is 2. The Balaban J connectivity index is 1.74. The Morgan fingerprint density at radius 1 is 1.21 bits per heavy atom. The number of carbonyl (C=O) groups is 2. The van der Waals surface area contributed by atoms with Gasteiger partial charge in [-0.3, -0.25) is 15.0 Å². The average Bonchev–Trinajstić information content (AvgIpc) is 3.05. The molecule has 2 heterocycles. The van der Waals surface area contributed by atoms with Gasteiger partial charge in [0.2, 0.25) is 0 Å². The van der Waals surface area contributed by atoms with E-state index in [9.17, 15) is 9.59 Å². The minimum atomic E-state index is -0.633. The highest BCUT2D eigenvalue weighted by atomic mass is 32.1. The number of thiophene rings is 1. The number of nitrogens with two attached hydrogens (primary N) is 1. The number of ether oxygens (including phenoxy) is 2. The van der Waals surface area contributed by atoms with Gasteiger partial charge in [0.05, 0.1) is 18.9 Å². The lowest BCUT2D eigenvalue weighted by atomic mass is 10.1. The highest BCUT2D eigenvalue weighted by molar-refractivity contribution is 7.18. The summed E-state index contributed by atoms with van der Waals surface area (Å²) in [5, 5.41) is 2.63. The van der Waals surface area contributed by atoms with Crippen LogP contribution in [0.1, 0.15) is 36.0 Å². The molecule has 0 atom stereocenters. The number of anilines is 1. The van der Waals surface area contributed by atoms with Gasteiger partial charge < -0.3 is 15.2 Å². The zero-order chi connectivity index (χ0) is 21.0. The van der Waals surface area contributed by atoms with Gasteiger partial charge in [-0.25, -0.2) is 4.79 Å². The molecule has 0 radical (unpaired) electrons. The summed E-state index contributed by atoms with van der Waals surface area (Å²) >= 11 is 1.25. The minimum absolute atomic E-state index is 0.295. The van der Waals surface area contributed by atoms with E-state index in [-0.39, 0.29) is 0 Å². The van der Waals surface area contributed by atoms with Crippen molar-refractivity contribution >= 4 is 29.0 Å². The molecule has 0 spiro atoms. The molecule has 0 aliphatic carbocycles. The van der Waals surface area contributed by atoms with Crippen LogP contribution >= 0.6 is 11.3 Å². The van der Waals surface area contributed by atoms with Gasteiger partial charge in [-0.05, 0) is 38.0 Å². The highest BCUT2D eigenvalue weighted by Gasteiger charge is 2.21. The van der Waals surface area contributed by atoms with Crippen molar-refractivity contribution in [3.05, 3.63) is 40.8 Å². The van der Waals surface area contributed by atoms with E-state index in [1.807, 2.05) is 12.1 Å².